The molecule has 1 atom stereocenters. The largest absolute Gasteiger partial charge is 0.493 e. The number of urea groups is 1. The third-order valence-corrected chi connectivity index (χ3v) is 5.93. The highest BCUT2D eigenvalue weighted by Crippen LogP contribution is 2.40. The average Bonchev–Trinajstić information content (AvgIpc) is 3.35. The van der Waals surface area contributed by atoms with Gasteiger partial charge in [0.1, 0.15) is 0 Å². The standard InChI is InChI=1S/C26H28N4O4/c1-6-14-30-16(3)22(25-28-24(29-34-25)18-10-8-17(7-2)9-11-18)23(27-26(30)31)19-12-13-20(32-4)21(15-19)33-5/h6,8-13,15,23H,1,7,14H2,2-5H3,(H,27,31). The molecule has 0 radical (unpaired) electrons. The van der Waals surface area contributed by atoms with Crippen LogP contribution < -0.4 is 14.8 Å². The zero-order valence-corrected chi connectivity index (χ0v) is 19.8. The molecule has 0 fully saturated rings. The first-order valence-electron chi connectivity index (χ1n) is 11.1. The number of hydrogen-bond donors (Lipinski definition) is 1. The summed E-state index contributed by atoms with van der Waals surface area (Å²) in [6.45, 7) is 8.09. The van der Waals surface area contributed by atoms with E-state index in [9.17, 15) is 4.79 Å². The second-order valence-corrected chi connectivity index (χ2v) is 7.87. The fourth-order valence-electron chi connectivity index (χ4n) is 4.03. The minimum atomic E-state index is -0.524. The molecule has 4 rings (SSSR count). The highest BCUT2D eigenvalue weighted by molar-refractivity contribution is 5.87. The Morgan fingerprint density at radius 2 is 1.88 bits per heavy atom. The first-order chi connectivity index (χ1) is 16.5. The molecular weight excluding hydrogens is 432 g/mol. The summed E-state index contributed by atoms with van der Waals surface area (Å²) in [5, 5.41) is 7.27. The van der Waals surface area contributed by atoms with E-state index in [1.165, 1.54) is 5.56 Å². The van der Waals surface area contributed by atoms with E-state index in [-0.39, 0.29) is 6.03 Å². The van der Waals surface area contributed by atoms with Crippen molar-refractivity contribution in [1.29, 1.82) is 0 Å². The van der Waals surface area contributed by atoms with Gasteiger partial charge in [0.15, 0.2) is 11.5 Å². The number of benzene rings is 2. The number of carbonyl (C=O) groups excluding carboxylic acids is 1. The molecule has 2 aromatic carbocycles. The van der Waals surface area contributed by atoms with E-state index in [1.807, 2.05) is 31.2 Å². The maximum atomic E-state index is 12.9. The van der Waals surface area contributed by atoms with Gasteiger partial charge in [-0.3, -0.25) is 4.90 Å². The number of aryl methyl sites for hydroxylation is 1. The van der Waals surface area contributed by atoms with Gasteiger partial charge in [-0.05, 0) is 36.6 Å². The van der Waals surface area contributed by atoms with Crippen molar-refractivity contribution >= 4 is 11.6 Å². The summed E-state index contributed by atoms with van der Waals surface area (Å²) in [7, 11) is 3.15. The summed E-state index contributed by atoms with van der Waals surface area (Å²) in [4.78, 5) is 19.2. The summed E-state index contributed by atoms with van der Waals surface area (Å²) in [6, 6.07) is 12.8. The molecule has 1 N–H and O–H groups in total. The second-order valence-electron chi connectivity index (χ2n) is 7.87. The summed E-state index contributed by atoms with van der Waals surface area (Å²) < 4.78 is 16.6. The Morgan fingerprint density at radius 3 is 2.53 bits per heavy atom. The van der Waals surface area contributed by atoms with Crippen molar-refractivity contribution in [2.45, 2.75) is 26.3 Å². The molecule has 3 aromatic rings. The van der Waals surface area contributed by atoms with Crippen molar-refractivity contribution in [2.24, 2.45) is 0 Å². The zero-order chi connectivity index (χ0) is 24.2. The Balaban J connectivity index is 1.81. The van der Waals surface area contributed by atoms with Crippen LogP contribution in [0, 0.1) is 0 Å². The van der Waals surface area contributed by atoms with E-state index in [0.717, 1.165) is 17.5 Å². The normalized spacial score (nSPS) is 15.8. The number of nitrogens with one attached hydrogen (secondary N) is 1. The molecule has 1 aromatic heterocycles. The number of rotatable bonds is 8. The highest BCUT2D eigenvalue weighted by atomic mass is 16.5. The number of carbonyl (C=O) groups is 1. The summed E-state index contributed by atoms with van der Waals surface area (Å²) in [6.07, 6.45) is 2.63. The van der Waals surface area contributed by atoms with E-state index in [2.05, 4.69) is 41.1 Å². The van der Waals surface area contributed by atoms with Crippen LogP contribution in [0.1, 0.15) is 36.9 Å². The molecule has 0 saturated carbocycles. The Kier molecular flexibility index (Phi) is 6.67. The molecule has 2 amide bonds. The minimum Gasteiger partial charge on any atom is -0.493 e. The Labute approximate surface area is 198 Å². The Morgan fingerprint density at radius 1 is 1.15 bits per heavy atom. The number of methoxy groups -OCH3 is 2. The van der Waals surface area contributed by atoms with Crippen molar-refractivity contribution in [1.82, 2.24) is 20.4 Å². The predicted molar refractivity (Wildman–Crippen MR) is 129 cm³/mol. The quantitative estimate of drug-likeness (QED) is 0.476. The third kappa shape index (κ3) is 4.26. The monoisotopic (exact) mass is 460 g/mol. The second kappa shape index (κ2) is 9.82. The molecule has 0 aliphatic carbocycles. The van der Waals surface area contributed by atoms with Crippen LogP contribution in [0.5, 0.6) is 11.5 Å². The lowest BCUT2D eigenvalue weighted by Crippen LogP contribution is -2.46. The molecule has 34 heavy (non-hydrogen) atoms. The van der Waals surface area contributed by atoms with Crippen molar-refractivity contribution in [2.75, 3.05) is 20.8 Å². The SMILES string of the molecule is C=CCN1C(=O)NC(c2ccc(OC)c(OC)c2)C(c2nc(-c3ccc(CC)cc3)no2)=C1C. The number of allylic oxidation sites excluding steroid dienone is 1. The lowest BCUT2D eigenvalue weighted by Gasteiger charge is -2.34. The molecule has 8 heteroatoms. The molecule has 176 valence electrons. The van der Waals surface area contributed by atoms with Crippen LogP contribution in [0.15, 0.2) is 65.3 Å². The topological polar surface area (TPSA) is 89.7 Å². The summed E-state index contributed by atoms with van der Waals surface area (Å²) in [5.74, 6) is 1.97. The van der Waals surface area contributed by atoms with Crippen LogP contribution in [0.25, 0.3) is 17.0 Å². The molecule has 0 spiro atoms. The van der Waals surface area contributed by atoms with Gasteiger partial charge in [-0.2, -0.15) is 4.98 Å². The van der Waals surface area contributed by atoms with Crippen LogP contribution in [0.3, 0.4) is 0 Å². The van der Waals surface area contributed by atoms with E-state index in [0.29, 0.717) is 41.0 Å². The number of hydrogen-bond acceptors (Lipinski definition) is 6. The number of nitrogens with zero attached hydrogens (tertiary/aromatic N) is 3. The molecule has 0 saturated heterocycles. The van der Waals surface area contributed by atoms with Crippen LogP contribution in [-0.4, -0.2) is 41.8 Å². The molecule has 1 unspecified atom stereocenters. The lowest BCUT2D eigenvalue weighted by atomic mass is 9.94. The van der Waals surface area contributed by atoms with Gasteiger partial charge in [0.2, 0.25) is 5.82 Å². The molecule has 1 aliphatic heterocycles. The highest BCUT2D eigenvalue weighted by Gasteiger charge is 2.35. The van der Waals surface area contributed by atoms with Gasteiger partial charge < -0.3 is 19.3 Å². The third-order valence-electron chi connectivity index (χ3n) is 5.93. The fraction of sp³-hybridized carbons (Fsp3) is 0.269. The van der Waals surface area contributed by atoms with Crippen molar-refractivity contribution in [3.63, 3.8) is 0 Å². The van der Waals surface area contributed by atoms with E-state index in [1.54, 1.807) is 31.3 Å². The van der Waals surface area contributed by atoms with Crippen LogP contribution in [0.2, 0.25) is 0 Å². The first-order valence-corrected chi connectivity index (χ1v) is 11.1. The van der Waals surface area contributed by atoms with Crippen molar-refractivity contribution in [3.8, 4) is 22.9 Å². The minimum absolute atomic E-state index is 0.240. The summed E-state index contributed by atoms with van der Waals surface area (Å²) >= 11 is 0. The first kappa shape index (κ1) is 23.1. The van der Waals surface area contributed by atoms with E-state index >= 15 is 0 Å². The number of amides is 2. The van der Waals surface area contributed by atoms with Gasteiger partial charge in [-0.1, -0.05) is 48.5 Å². The van der Waals surface area contributed by atoms with Gasteiger partial charge in [0.25, 0.3) is 5.89 Å². The fourth-order valence-corrected chi connectivity index (χ4v) is 4.03. The zero-order valence-electron chi connectivity index (χ0n) is 19.8. The van der Waals surface area contributed by atoms with Gasteiger partial charge in [-0.15, -0.1) is 6.58 Å². The van der Waals surface area contributed by atoms with Gasteiger partial charge in [-0.25, -0.2) is 4.79 Å². The smallest absolute Gasteiger partial charge is 0.322 e. The molecule has 0 bridgehead atoms. The van der Waals surface area contributed by atoms with Gasteiger partial charge in [0, 0.05) is 17.8 Å². The molecular formula is C26H28N4O4. The van der Waals surface area contributed by atoms with Crippen molar-refractivity contribution in [3.05, 3.63) is 77.8 Å². The Bertz CT molecular complexity index is 1230. The van der Waals surface area contributed by atoms with E-state index < -0.39 is 6.04 Å². The number of ether oxygens (including phenoxy) is 2. The van der Waals surface area contributed by atoms with Gasteiger partial charge in [0.05, 0.1) is 25.8 Å². The molecule has 8 nitrogen and oxygen atoms in total. The van der Waals surface area contributed by atoms with Crippen molar-refractivity contribution < 1.29 is 18.8 Å². The predicted octanol–water partition coefficient (Wildman–Crippen LogP) is 5.00. The Hall–Kier alpha value is -4.07. The lowest BCUT2D eigenvalue weighted by molar-refractivity contribution is 0.209. The van der Waals surface area contributed by atoms with Crippen LogP contribution >= 0.6 is 0 Å². The maximum Gasteiger partial charge on any atom is 0.322 e. The maximum absolute atomic E-state index is 12.9. The van der Waals surface area contributed by atoms with E-state index in [4.69, 9.17) is 14.0 Å². The van der Waals surface area contributed by atoms with Crippen LogP contribution in [0.4, 0.5) is 4.79 Å². The van der Waals surface area contributed by atoms with Crippen LogP contribution in [-0.2, 0) is 6.42 Å². The molecule has 1 aliphatic rings. The van der Waals surface area contributed by atoms with Gasteiger partial charge >= 0.3 is 6.03 Å². The molecule has 2 heterocycles. The number of aromatic nitrogens is 2. The summed E-state index contributed by atoms with van der Waals surface area (Å²) in [5.41, 5.74) is 4.30. The average molecular weight is 461 g/mol.